The predicted molar refractivity (Wildman–Crippen MR) is 98.0 cm³/mol. The molecule has 0 spiro atoms. The SMILES string of the molecule is CCc1ccc(NC(=O)[C@@H](C)S(=O)(=O)Cc2ccccc2Cl)cc1. The van der Waals surface area contributed by atoms with Crippen LogP contribution in [0.1, 0.15) is 25.0 Å². The fourth-order valence-electron chi connectivity index (χ4n) is 2.19. The predicted octanol–water partition coefficient (Wildman–Crippen LogP) is 3.84. The van der Waals surface area contributed by atoms with Crippen LogP contribution in [0.15, 0.2) is 48.5 Å². The summed E-state index contributed by atoms with van der Waals surface area (Å²) in [5.74, 6) is -0.818. The average Bonchev–Trinajstić information content (AvgIpc) is 2.56. The maximum atomic E-state index is 12.5. The van der Waals surface area contributed by atoms with E-state index in [1.165, 1.54) is 6.92 Å². The molecule has 1 amide bonds. The molecule has 0 heterocycles. The van der Waals surface area contributed by atoms with Crippen molar-refractivity contribution in [2.24, 2.45) is 0 Å². The number of carbonyl (C=O) groups excluding carboxylic acids is 1. The number of halogens is 1. The third-order valence-corrected chi connectivity index (χ3v) is 6.23. The standard InChI is InChI=1S/C18H20ClNO3S/c1-3-14-8-10-16(11-9-14)20-18(21)13(2)24(22,23)12-15-6-4-5-7-17(15)19/h4-11,13H,3,12H2,1-2H3,(H,20,21)/t13-/m1/s1. The van der Waals surface area contributed by atoms with Crippen molar-refractivity contribution < 1.29 is 13.2 Å². The number of hydrogen-bond acceptors (Lipinski definition) is 3. The van der Waals surface area contributed by atoms with Crippen LogP contribution >= 0.6 is 11.6 Å². The van der Waals surface area contributed by atoms with E-state index < -0.39 is 21.0 Å². The van der Waals surface area contributed by atoms with Crippen molar-refractivity contribution in [2.45, 2.75) is 31.3 Å². The molecule has 0 fully saturated rings. The van der Waals surface area contributed by atoms with E-state index in [1.807, 2.05) is 19.1 Å². The third kappa shape index (κ3) is 4.58. The van der Waals surface area contributed by atoms with Gasteiger partial charge in [-0.3, -0.25) is 4.79 Å². The summed E-state index contributed by atoms with van der Waals surface area (Å²) in [6.07, 6.45) is 0.900. The molecule has 24 heavy (non-hydrogen) atoms. The highest BCUT2D eigenvalue weighted by atomic mass is 35.5. The van der Waals surface area contributed by atoms with Gasteiger partial charge >= 0.3 is 0 Å². The summed E-state index contributed by atoms with van der Waals surface area (Å²) in [6, 6.07) is 14.1. The fraction of sp³-hybridized carbons (Fsp3) is 0.278. The quantitative estimate of drug-likeness (QED) is 0.845. The van der Waals surface area contributed by atoms with Crippen LogP contribution in [-0.4, -0.2) is 19.6 Å². The second kappa shape index (κ2) is 7.81. The van der Waals surface area contributed by atoms with Crippen molar-refractivity contribution in [1.82, 2.24) is 0 Å². The van der Waals surface area contributed by atoms with E-state index in [-0.39, 0.29) is 5.75 Å². The molecule has 0 aliphatic heterocycles. The van der Waals surface area contributed by atoms with Crippen LogP contribution in [0.4, 0.5) is 5.69 Å². The summed E-state index contributed by atoms with van der Waals surface area (Å²) >= 11 is 6.01. The van der Waals surface area contributed by atoms with Gasteiger partial charge in [0.15, 0.2) is 9.84 Å². The second-order valence-electron chi connectivity index (χ2n) is 5.58. The van der Waals surface area contributed by atoms with Crippen LogP contribution in [0.3, 0.4) is 0 Å². The number of amides is 1. The van der Waals surface area contributed by atoms with Crippen molar-refractivity contribution in [1.29, 1.82) is 0 Å². The molecule has 4 nitrogen and oxygen atoms in total. The zero-order chi connectivity index (χ0) is 17.7. The molecule has 0 unspecified atom stereocenters. The molecular formula is C18H20ClNO3S. The van der Waals surface area contributed by atoms with E-state index in [2.05, 4.69) is 5.32 Å². The molecule has 1 N–H and O–H groups in total. The van der Waals surface area contributed by atoms with Crippen LogP contribution in [-0.2, 0) is 26.8 Å². The van der Waals surface area contributed by atoms with E-state index in [1.54, 1.807) is 36.4 Å². The zero-order valence-electron chi connectivity index (χ0n) is 13.6. The molecule has 0 saturated carbocycles. The number of sulfone groups is 1. The molecule has 1 atom stereocenters. The largest absolute Gasteiger partial charge is 0.325 e. The molecule has 0 saturated heterocycles. The topological polar surface area (TPSA) is 63.2 Å². The first-order chi connectivity index (χ1) is 11.3. The van der Waals surface area contributed by atoms with E-state index in [0.29, 0.717) is 16.3 Å². The van der Waals surface area contributed by atoms with Crippen LogP contribution in [0.5, 0.6) is 0 Å². The maximum Gasteiger partial charge on any atom is 0.242 e. The van der Waals surface area contributed by atoms with Crippen molar-refractivity contribution in [3.63, 3.8) is 0 Å². The summed E-state index contributed by atoms with van der Waals surface area (Å²) in [7, 11) is -3.66. The van der Waals surface area contributed by atoms with Gasteiger partial charge < -0.3 is 5.32 Å². The fourth-order valence-corrected chi connectivity index (χ4v) is 3.79. The second-order valence-corrected chi connectivity index (χ2v) is 8.31. The van der Waals surface area contributed by atoms with Gasteiger partial charge in [0.05, 0.1) is 5.75 Å². The van der Waals surface area contributed by atoms with Gasteiger partial charge in [0.2, 0.25) is 5.91 Å². The van der Waals surface area contributed by atoms with Gasteiger partial charge in [0.25, 0.3) is 0 Å². The third-order valence-electron chi connectivity index (χ3n) is 3.85. The lowest BCUT2D eigenvalue weighted by molar-refractivity contribution is -0.115. The molecule has 0 aliphatic carbocycles. The Bertz CT molecular complexity index is 816. The molecule has 2 aromatic rings. The van der Waals surface area contributed by atoms with E-state index in [4.69, 9.17) is 11.6 Å². The Morgan fingerprint density at radius 3 is 2.33 bits per heavy atom. The summed E-state index contributed by atoms with van der Waals surface area (Å²) in [6.45, 7) is 3.43. The normalized spacial score (nSPS) is 12.6. The number of rotatable bonds is 6. The first-order valence-corrected chi connectivity index (χ1v) is 9.77. The molecule has 0 aromatic heterocycles. The Balaban J connectivity index is 2.09. The number of carbonyl (C=O) groups is 1. The lowest BCUT2D eigenvalue weighted by Crippen LogP contribution is -2.33. The number of nitrogens with one attached hydrogen (secondary N) is 1. The molecular weight excluding hydrogens is 346 g/mol. The summed E-state index contributed by atoms with van der Waals surface area (Å²) in [5, 5.41) is 1.86. The Morgan fingerprint density at radius 1 is 1.12 bits per heavy atom. The molecule has 0 aliphatic rings. The van der Waals surface area contributed by atoms with Gasteiger partial charge in [-0.25, -0.2) is 8.42 Å². The van der Waals surface area contributed by atoms with Crippen LogP contribution in [0, 0.1) is 0 Å². The van der Waals surface area contributed by atoms with Crippen molar-refractivity contribution >= 4 is 33.0 Å². The molecule has 0 radical (unpaired) electrons. The lowest BCUT2D eigenvalue weighted by Gasteiger charge is -2.14. The van der Waals surface area contributed by atoms with Gasteiger partial charge in [-0.1, -0.05) is 48.9 Å². The molecule has 128 valence electrons. The van der Waals surface area contributed by atoms with Gasteiger partial charge in [0.1, 0.15) is 5.25 Å². The maximum absolute atomic E-state index is 12.5. The number of hydrogen-bond donors (Lipinski definition) is 1. The van der Waals surface area contributed by atoms with E-state index in [9.17, 15) is 13.2 Å². The highest BCUT2D eigenvalue weighted by Gasteiger charge is 2.28. The zero-order valence-corrected chi connectivity index (χ0v) is 15.2. The van der Waals surface area contributed by atoms with Crippen LogP contribution < -0.4 is 5.32 Å². The number of aryl methyl sites for hydroxylation is 1. The monoisotopic (exact) mass is 365 g/mol. The molecule has 2 aromatic carbocycles. The summed E-state index contributed by atoms with van der Waals surface area (Å²) in [4.78, 5) is 12.3. The van der Waals surface area contributed by atoms with Gasteiger partial charge in [-0.2, -0.15) is 0 Å². The van der Waals surface area contributed by atoms with E-state index in [0.717, 1.165) is 12.0 Å². The number of benzene rings is 2. The summed E-state index contributed by atoms with van der Waals surface area (Å²) in [5.41, 5.74) is 2.22. The minimum absolute atomic E-state index is 0.268. The molecule has 2 rings (SSSR count). The van der Waals surface area contributed by atoms with Crippen molar-refractivity contribution in [3.8, 4) is 0 Å². The first kappa shape index (κ1) is 18.5. The smallest absolute Gasteiger partial charge is 0.242 e. The van der Waals surface area contributed by atoms with Crippen molar-refractivity contribution in [3.05, 3.63) is 64.7 Å². The highest BCUT2D eigenvalue weighted by Crippen LogP contribution is 2.20. The Hall–Kier alpha value is -1.85. The van der Waals surface area contributed by atoms with Crippen molar-refractivity contribution in [2.75, 3.05) is 5.32 Å². The van der Waals surface area contributed by atoms with Gasteiger partial charge in [-0.15, -0.1) is 0 Å². The Kier molecular flexibility index (Phi) is 6.02. The minimum Gasteiger partial charge on any atom is -0.325 e. The lowest BCUT2D eigenvalue weighted by atomic mass is 10.1. The molecule has 6 heteroatoms. The Morgan fingerprint density at radius 2 is 1.75 bits per heavy atom. The average molecular weight is 366 g/mol. The van der Waals surface area contributed by atoms with Crippen LogP contribution in [0.2, 0.25) is 5.02 Å². The minimum atomic E-state index is -3.66. The highest BCUT2D eigenvalue weighted by molar-refractivity contribution is 7.92. The Labute approximate surface area is 147 Å². The van der Waals surface area contributed by atoms with Gasteiger partial charge in [-0.05, 0) is 42.7 Å². The van der Waals surface area contributed by atoms with E-state index >= 15 is 0 Å². The summed E-state index contributed by atoms with van der Waals surface area (Å²) < 4.78 is 24.9. The van der Waals surface area contributed by atoms with Crippen LogP contribution in [0.25, 0.3) is 0 Å². The van der Waals surface area contributed by atoms with Gasteiger partial charge in [0, 0.05) is 10.7 Å². The number of anilines is 1. The first-order valence-electron chi connectivity index (χ1n) is 7.68. The molecule has 0 bridgehead atoms.